The Morgan fingerprint density at radius 3 is 2.65 bits per heavy atom. The minimum absolute atomic E-state index is 0.0575. The third kappa shape index (κ3) is 2.76. The van der Waals surface area contributed by atoms with Crippen LogP contribution >= 0.6 is 11.5 Å². The molecule has 0 aliphatic carbocycles. The molecular formula is C11H10F2N2OS. The molecule has 2 aromatic rings. The van der Waals surface area contributed by atoms with E-state index < -0.39 is 11.6 Å². The minimum Gasteiger partial charge on any atom is -0.427 e. The van der Waals surface area contributed by atoms with E-state index in [1.54, 1.807) is 0 Å². The third-order valence-electron chi connectivity index (χ3n) is 2.03. The van der Waals surface area contributed by atoms with E-state index in [0.29, 0.717) is 5.82 Å². The van der Waals surface area contributed by atoms with Gasteiger partial charge in [0.25, 0.3) is 5.19 Å². The molecule has 1 aromatic carbocycles. The molecule has 0 fully saturated rings. The molecule has 0 saturated heterocycles. The Balaban J connectivity index is 2.19. The minimum atomic E-state index is -0.758. The topological polar surface area (TPSA) is 35.0 Å². The summed E-state index contributed by atoms with van der Waals surface area (Å²) in [5.41, 5.74) is 0. The standard InChI is InChI=1S/C11H10F2N2OS/c1-6(2)10-14-11(17-15-10)16-9-4-3-7(12)5-8(9)13/h3-6H,1-2H3. The van der Waals surface area contributed by atoms with Gasteiger partial charge < -0.3 is 4.74 Å². The van der Waals surface area contributed by atoms with Crippen LogP contribution in [-0.4, -0.2) is 9.36 Å². The van der Waals surface area contributed by atoms with E-state index >= 15 is 0 Å². The van der Waals surface area contributed by atoms with Gasteiger partial charge in [0.1, 0.15) is 11.6 Å². The Morgan fingerprint density at radius 2 is 2.06 bits per heavy atom. The van der Waals surface area contributed by atoms with Crippen molar-refractivity contribution < 1.29 is 13.5 Å². The van der Waals surface area contributed by atoms with Crippen molar-refractivity contribution in [3.63, 3.8) is 0 Å². The Bertz CT molecular complexity index is 528. The fourth-order valence-corrected chi connectivity index (χ4v) is 1.83. The van der Waals surface area contributed by atoms with Gasteiger partial charge in [-0.3, -0.25) is 0 Å². The molecule has 0 bridgehead atoms. The van der Waals surface area contributed by atoms with Crippen molar-refractivity contribution in [2.24, 2.45) is 0 Å². The smallest absolute Gasteiger partial charge is 0.298 e. The molecule has 0 N–H and O–H groups in total. The molecule has 0 aliphatic heterocycles. The molecule has 0 amide bonds. The lowest BCUT2D eigenvalue weighted by molar-refractivity contribution is 0.433. The first-order valence-electron chi connectivity index (χ1n) is 5.03. The molecule has 90 valence electrons. The molecule has 3 nitrogen and oxygen atoms in total. The average Bonchev–Trinajstić information content (AvgIpc) is 2.71. The second-order valence-corrected chi connectivity index (χ2v) is 4.46. The van der Waals surface area contributed by atoms with Gasteiger partial charge in [-0.15, -0.1) is 0 Å². The number of aromatic nitrogens is 2. The number of nitrogens with zero attached hydrogens (tertiary/aromatic N) is 2. The predicted molar refractivity (Wildman–Crippen MR) is 60.4 cm³/mol. The quantitative estimate of drug-likeness (QED) is 0.839. The Morgan fingerprint density at radius 1 is 1.29 bits per heavy atom. The maximum absolute atomic E-state index is 13.3. The zero-order chi connectivity index (χ0) is 12.4. The zero-order valence-electron chi connectivity index (χ0n) is 9.28. The first kappa shape index (κ1) is 11.9. The Kier molecular flexibility index (Phi) is 3.33. The maximum atomic E-state index is 13.3. The predicted octanol–water partition coefficient (Wildman–Crippen LogP) is 3.73. The maximum Gasteiger partial charge on any atom is 0.298 e. The van der Waals surface area contributed by atoms with Crippen molar-refractivity contribution in [3.05, 3.63) is 35.7 Å². The summed E-state index contributed by atoms with van der Waals surface area (Å²) in [6, 6.07) is 3.11. The van der Waals surface area contributed by atoms with Gasteiger partial charge in [-0.1, -0.05) is 13.8 Å². The highest BCUT2D eigenvalue weighted by Gasteiger charge is 2.12. The molecule has 6 heteroatoms. The highest BCUT2D eigenvalue weighted by Crippen LogP contribution is 2.27. The molecule has 0 aliphatic rings. The van der Waals surface area contributed by atoms with Crippen LogP contribution in [0, 0.1) is 11.6 Å². The SMILES string of the molecule is CC(C)c1nsc(Oc2ccc(F)cc2F)n1. The number of hydrogen-bond acceptors (Lipinski definition) is 4. The van der Waals surface area contributed by atoms with Gasteiger partial charge in [-0.25, -0.2) is 8.78 Å². The van der Waals surface area contributed by atoms with Crippen molar-refractivity contribution in [3.8, 4) is 10.9 Å². The second-order valence-electron chi connectivity index (χ2n) is 3.75. The van der Waals surface area contributed by atoms with Gasteiger partial charge in [0, 0.05) is 23.5 Å². The van der Waals surface area contributed by atoms with E-state index in [1.807, 2.05) is 13.8 Å². The van der Waals surface area contributed by atoms with Crippen molar-refractivity contribution in [1.29, 1.82) is 0 Å². The summed E-state index contributed by atoms with van der Waals surface area (Å²) >= 11 is 1.04. The monoisotopic (exact) mass is 256 g/mol. The normalized spacial score (nSPS) is 10.9. The highest BCUT2D eigenvalue weighted by molar-refractivity contribution is 7.07. The van der Waals surface area contributed by atoms with E-state index in [9.17, 15) is 8.78 Å². The molecule has 1 heterocycles. The second kappa shape index (κ2) is 4.75. The van der Waals surface area contributed by atoms with Crippen LogP contribution in [0.2, 0.25) is 0 Å². The van der Waals surface area contributed by atoms with Crippen LogP contribution in [0.1, 0.15) is 25.6 Å². The molecular weight excluding hydrogens is 246 g/mol. The molecule has 0 spiro atoms. The lowest BCUT2D eigenvalue weighted by atomic mass is 10.2. The third-order valence-corrected chi connectivity index (χ3v) is 2.64. The van der Waals surface area contributed by atoms with Crippen LogP contribution in [0.15, 0.2) is 18.2 Å². The van der Waals surface area contributed by atoms with E-state index in [4.69, 9.17) is 4.74 Å². The van der Waals surface area contributed by atoms with Crippen molar-refractivity contribution in [2.45, 2.75) is 19.8 Å². The van der Waals surface area contributed by atoms with Crippen molar-refractivity contribution in [2.75, 3.05) is 0 Å². The van der Waals surface area contributed by atoms with Gasteiger partial charge in [-0.05, 0) is 12.1 Å². The highest BCUT2D eigenvalue weighted by atomic mass is 32.1. The Hall–Kier alpha value is -1.56. The summed E-state index contributed by atoms with van der Waals surface area (Å²) in [6.07, 6.45) is 0. The van der Waals surface area contributed by atoms with E-state index in [1.165, 1.54) is 6.07 Å². The van der Waals surface area contributed by atoms with Crippen molar-refractivity contribution >= 4 is 11.5 Å². The summed E-state index contributed by atoms with van der Waals surface area (Å²) < 4.78 is 35.2. The van der Waals surface area contributed by atoms with Crippen LogP contribution in [0.4, 0.5) is 8.78 Å². The lowest BCUT2D eigenvalue weighted by Crippen LogP contribution is -1.91. The van der Waals surface area contributed by atoms with Crippen LogP contribution in [0.25, 0.3) is 0 Å². The molecule has 17 heavy (non-hydrogen) atoms. The van der Waals surface area contributed by atoms with E-state index in [2.05, 4.69) is 9.36 Å². The molecule has 0 unspecified atom stereocenters. The summed E-state index contributed by atoms with van der Waals surface area (Å²) in [4.78, 5) is 4.09. The fourth-order valence-electron chi connectivity index (χ4n) is 1.15. The van der Waals surface area contributed by atoms with Crippen LogP contribution in [0.5, 0.6) is 10.9 Å². The van der Waals surface area contributed by atoms with Crippen LogP contribution < -0.4 is 4.74 Å². The number of benzene rings is 1. The number of rotatable bonds is 3. The average molecular weight is 256 g/mol. The molecule has 0 radical (unpaired) electrons. The van der Waals surface area contributed by atoms with Gasteiger partial charge in [0.2, 0.25) is 0 Å². The fraction of sp³-hybridized carbons (Fsp3) is 0.273. The largest absolute Gasteiger partial charge is 0.427 e. The molecule has 2 rings (SSSR count). The first-order valence-corrected chi connectivity index (χ1v) is 5.80. The van der Waals surface area contributed by atoms with E-state index in [0.717, 1.165) is 23.7 Å². The molecule has 0 saturated carbocycles. The zero-order valence-corrected chi connectivity index (χ0v) is 10.1. The lowest BCUT2D eigenvalue weighted by Gasteiger charge is -2.02. The van der Waals surface area contributed by atoms with Gasteiger partial charge >= 0.3 is 0 Å². The van der Waals surface area contributed by atoms with Crippen LogP contribution in [-0.2, 0) is 0 Å². The first-order chi connectivity index (χ1) is 8.06. The summed E-state index contributed by atoms with van der Waals surface area (Å²) in [5, 5.41) is 0.249. The Labute approximate surface area is 101 Å². The number of halogens is 2. The molecule has 1 aromatic heterocycles. The van der Waals surface area contributed by atoms with Gasteiger partial charge in [0.05, 0.1) is 0 Å². The summed E-state index contributed by atoms with van der Waals surface area (Å²) in [5.74, 6) is -0.631. The van der Waals surface area contributed by atoms with Gasteiger partial charge in [-0.2, -0.15) is 9.36 Å². The van der Waals surface area contributed by atoms with E-state index in [-0.39, 0.29) is 16.9 Å². The van der Waals surface area contributed by atoms with Crippen molar-refractivity contribution in [1.82, 2.24) is 9.36 Å². The number of hydrogen-bond donors (Lipinski definition) is 0. The van der Waals surface area contributed by atoms with Gasteiger partial charge in [0.15, 0.2) is 11.6 Å². The molecule has 0 atom stereocenters. The number of ether oxygens (including phenoxy) is 1. The van der Waals surface area contributed by atoms with Crippen LogP contribution in [0.3, 0.4) is 0 Å². The summed E-state index contributed by atoms with van der Waals surface area (Å²) in [7, 11) is 0. The summed E-state index contributed by atoms with van der Waals surface area (Å²) in [6.45, 7) is 3.90.